The number of nitrogens with zero attached hydrogens (tertiary/aromatic N) is 3. The van der Waals surface area contributed by atoms with Crippen molar-refractivity contribution >= 4 is 16.9 Å². The summed E-state index contributed by atoms with van der Waals surface area (Å²) in [6, 6.07) is 13.5. The number of halogens is 1. The Morgan fingerprint density at radius 3 is 2.83 bits per heavy atom. The van der Waals surface area contributed by atoms with Gasteiger partial charge in [-0.15, -0.1) is 0 Å². The van der Waals surface area contributed by atoms with Gasteiger partial charge in [-0.1, -0.05) is 0 Å². The third-order valence-corrected chi connectivity index (χ3v) is 5.49. The molecule has 0 spiro atoms. The second-order valence-corrected chi connectivity index (χ2v) is 7.34. The van der Waals surface area contributed by atoms with E-state index in [4.69, 9.17) is 4.74 Å². The molecule has 0 radical (unpaired) electrons. The maximum Gasteiger partial charge on any atom is 0.272 e. The van der Waals surface area contributed by atoms with Crippen LogP contribution in [0.2, 0.25) is 0 Å². The largest absolute Gasteiger partial charge is 0.497 e. The van der Waals surface area contributed by atoms with E-state index in [-0.39, 0.29) is 17.8 Å². The number of imidazole rings is 1. The van der Waals surface area contributed by atoms with Gasteiger partial charge in [0.2, 0.25) is 0 Å². The van der Waals surface area contributed by atoms with Gasteiger partial charge in [-0.05, 0) is 61.4 Å². The number of carbonyl (C=O) groups is 1. The first-order valence-electron chi connectivity index (χ1n) is 9.78. The molecular weight excluding hydrogens is 385 g/mol. The number of rotatable bonds is 4. The zero-order chi connectivity index (χ0) is 20.7. The molecule has 8 heteroatoms. The fraction of sp³-hybridized carbons (Fsp3) is 0.227. The van der Waals surface area contributed by atoms with Crippen LogP contribution in [0.15, 0.2) is 48.5 Å². The average molecular weight is 405 g/mol. The van der Waals surface area contributed by atoms with Crippen molar-refractivity contribution in [2.24, 2.45) is 0 Å². The highest BCUT2D eigenvalue weighted by Crippen LogP contribution is 2.33. The topological polar surface area (TPSA) is 86.9 Å². The number of likely N-dealkylation sites (tertiary alicyclic amines) is 1. The molecule has 1 atom stereocenters. The van der Waals surface area contributed by atoms with Gasteiger partial charge in [0.25, 0.3) is 5.91 Å². The highest BCUT2D eigenvalue weighted by Gasteiger charge is 2.33. The number of aromatic nitrogens is 4. The van der Waals surface area contributed by atoms with Crippen LogP contribution in [0.4, 0.5) is 4.39 Å². The zero-order valence-corrected chi connectivity index (χ0v) is 16.4. The molecule has 1 fully saturated rings. The first-order valence-corrected chi connectivity index (χ1v) is 9.78. The summed E-state index contributed by atoms with van der Waals surface area (Å²) in [6.45, 7) is 0.631. The predicted molar refractivity (Wildman–Crippen MR) is 110 cm³/mol. The van der Waals surface area contributed by atoms with Crippen molar-refractivity contribution in [2.45, 2.75) is 18.9 Å². The Hall–Kier alpha value is -3.68. The Bertz CT molecular complexity index is 1210. The molecule has 3 heterocycles. The quantitative estimate of drug-likeness (QED) is 0.536. The molecule has 4 aromatic rings. The summed E-state index contributed by atoms with van der Waals surface area (Å²) in [5.41, 5.74) is 3.33. The van der Waals surface area contributed by atoms with E-state index in [2.05, 4.69) is 20.2 Å². The molecule has 152 valence electrons. The van der Waals surface area contributed by atoms with Crippen molar-refractivity contribution in [3.63, 3.8) is 0 Å². The van der Waals surface area contributed by atoms with Crippen molar-refractivity contribution in [1.29, 1.82) is 0 Å². The minimum atomic E-state index is -0.319. The number of benzene rings is 2. The van der Waals surface area contributed by atoms with E-state index in [0.29, 0.717) is 34.8 Å². The molecule has 7 nitrogen and oxygen atoms in total. The van der Waals surface area contributed by atoms with E-state index in [9.17, 15) is 9.18 Å². The van der Waals surface area contributed by atoms with Crippen LogP contribution >= 0.6 is 0 Å². The molecule has 2 N–H and O–H groups in total. The van der Waals surface area contributed by atoms with Gasteiger partial charge in [-0.3, -0.25) is 9.89 Å². The predicted octanol–water partition coefficient (Wildman–Crippen LogP) is 4.08. The summed E-state index contributed by atoms with van der Waals surface area (Å²) in [7, 11) is 1.62. The highest BCUT2D eigenvalue weighted by molar-refractivity contribution is 5.94. The van der Waals surface area contributed by atoms with Gasteiger partial charge in [0.15, 0.2) is 0 Å². The van der Waals surface area contributed by atoms with Gasteiger partial charge >= 0.3 is 0 Å². The van der Waals surface area contributed by atoms with Crippen molar-refractivity contribution in [1.82, 2.24) is 25.1 Å². The Balaban J connectivity index is 1.40. The van der Waals surface area contributed by atoms with Crippen molar-refractivity contribution in [3.05, 3.63) is 65.9 Å². The lowest BCUT2D eigenvalue weighted by Gasteiger charge is -2.22. The summed E-state index contributed by atoms with van der Waals surface area (Å²) in [6.07, 6.45) is 1.68. The Labute approximate surface area is 171 Å². The fourth-order valence-electron chi connectivity index (χ4n) is 3.95. The maximum absolute atomic E-state index is 13.5. The zero-order valence-electron chi connectivity index (χ0n) is 16.4. The molecule has 1 saturated heterocycles. The average Bonchev–Trinajstić information content (AvgIpc) is 3.51. The number of fused-ring (bicyclic) bond motifs is 1. The van der Waals surface area contributed by atoms with Crippen molar-refractivity contribution in [2.75, 3.05) is 13.7 Å². The van der Waals surface area contributed by atoms with Crippen LogP contribution in [0.3, 0.4) is 0 Å². The maximum atomic E-state index is 13.5. The third kappa shape index (κ3) is 3.20. The minimum absolute atomic E-state index is 0.128. The second-order valence-electron chi connectivity index (χ2n) is 7.34. The Morgan fingerprint density at radius 1 is 1.20 bits per heavy atom. The molecule has 30 heavy (non-hydrogen) atoms. The number of nitrogens with one attached hydrogen (secondary N) is 2. The lowest BCUT2D eigenvalue weighted by Crippen LogP contribution is -2.31. The smallest absolute Gasteiger partial charge is 0.272 e. The normalized spacial score (nSPS) is 16.3. The van der Waals surface area contributed by atoms with E-state index >= 15 is 0 Å². The van der Waals surface area contributed by atoms with Gasteiger partial charge in [0.05, 0.1) is 29.9 Å². The summed E-state index contributed by atoms with van der Waals surface area (Å²) in [5.74, 6) is 0.990. The monoisotopic (exact) mass is 405 g/mol. The molecule has 0 bridgehead atoms. The van der Waals surface area contributed by atoms with Gasteiger partial charge in [0, 0.05) is 12.1 Å². The van der Waals surface area contributed by atoms with E-state index in [1.54, 1.807) is 24.1 Å². The molecule has 0 aliphatic carbocycles. The van der Waals surface area contributed by atoms with E-state index < -0.39 is 0 Å². The second kappa shape index (κ2) is 7.29. The fourth-order valence-corrected chi connectivity index (χ4v) is 3.95. The number of carbonyl (C=O) groups excluding carboxylic acids is 1. The highest BCUT2D eigenvalue weighted by atomic mass is 19.1. The van der Waals surface area contributed by atoms with Gasteiger partial charge < -0.3 is 14.6 Å². The van der Waals surface area contributed by atoms with Crippen LogP contribution in [0.1, 0.15) is 35.2 Å². The number of hydrogen-bond acceptors (Lipinski definition) is 4. The summed E-state index contributed by atoms with van der Waals surface area (Å²) in [5, 5.41) is 7.16. The summed E-state index contributed by atoms with van der Waals surface area (Å²) in [4.78, 5) is 22.7. The lowest BCUT2D eigenvalue weighted by atomic mass is 10.1. The van der Waals surface area contributed by atoms with Gasteiger partial charge in [-0.2, -0.15) is 5.10 Å². The molecule has 1 amide bonds. The summed E-state index contributed by atoms with van der Waals surface area (Å²) >= 11 is 0. The van der Waals surface area contributed by atoms with Crippen LogP contribution < -0.4 is 4.74 Å². The van der Waals surface area contributed by atoms with Crippen LogP contribution in [0, 0.1) is 5.82 Å². The van der Waals surface area contributed by atoms with Gasteiger partial charge in [-0.25, -0.2) is 9.37 Å². The van der Waals surface area contributed by atoms with Crippen LogP contribution in [0.5, 0.6) is 5.75 Å². The van der Waals surface area contributed by atoms with Gasteiger partial charge in [0.1, 0.15) is 23.1 Å². The molecule has 1 aliphatic heterocycles. The molecule has 2 aromatic carbocycles. The van der Waals surface area contributed by atoms with Crippen molar-refractivity contribution in [3.8, 4) is 17.0 Å². The number of amides is 1. The molecular formula is C22H20FN5O2. The Morgan fingerprint density at radius 2 is 2.03 bits per heavy atom. The number of methoxy groups -OCH3 is 1. The number of hydrogen-bond donors (Lipinski definition) is 2. The molecule has 1 aliphatic rings. The third-order valence-electron chi connectivity index (χ3n) is 5.49. The molecule has 1 unspecified atom stereocenters. The van der Waals surface area contributed by atoms with Crippen LogP contribution in [0.25, 0.3) is 22.3 Å². The lowest BCUT2D eigenvalue weighted by molar-refractivity contribution is 0.0724. The van der Waals surface area contributed by atoms with E-state index in [1.807, 2.05) is 24.3 Å². The number of aromatic amines is 2. The number of ether oxygens (including phenoxy) is 1. The summed E-state index contributed by atoms with van der Waals surface area (Å²) < 4.78 is 18.7. The van der Waals surface area contributed by atoms with Crippen molar-refractivity contribution < 1.29 is 13.9 Å². The van der Waals surface area contributed by atoms with Crippen LogP contribution in [-0.2, 0) is 0 Å². The Kier molecular flexibility index (Phi) is 4.46. The molecule has 0 saturated carbocycles. The SMILES string of the molecule is COc1ccc(-c2cc(C(=O)N3CCCC3c3nc4ccc(F)cc4[nH]3)[nH]n2)cc1. The first kappa shape index (κ1) is 18.4. The van der Waals surface area contributed by atoms with E-state index in [1.165, 1.54) is 12.1 Å². The van der Waals surface area contributed by atoms with Crippen LogP contribution in [-0.4, -0.2) is 44.6 Å². The standard InChI is InChI=1S/C22H20FN5O2/c1-30-15-7-4-13(5-8-15)17-12-19(27-26-17)22(29)28-10-2-3-20(28)21-24-16-9-6-14(23)11-18(16)25-21/h4-9,11-12,20H,2-3,10H2,1H3,(H,24,25)(H,26,27). The molecule has 2 aromatic heterocycles. The number of H-pyrrole nitrogens is 2. The minimum Gasteiger partial charge on any atom is -0.497 e. The first-order chi connectivity index (χ1) is 14.6. The molecule has 5 rings (SSSR count). The van der Waals surface area contributed by atoms with E-state index in [0.717, 1.165) is 24.2 Å².